The Morgan fingerprint density at radius 2 is 1.71 bits per heavy atom. The lowest BCUT2D eigenvalue weighted by Gasteiger charge is -2.14. The second kappa shape index (κ2) is 9.32. The summed E-state index contributed by atoms with van der Waals surface area (Å²) in [5.41, 5.74) is 1.36. The standard InChI is InChI=1S/C25H21ClN2O5S/c1-16-3-6-18(7-4-16)27-24(29)15-28-14-23(25(30)21-13-17(26)5-12-22(21)28)34(31,32)20-10-8-19(33-2)9-11-20/h3-14H,15H2,1-2H3,(H,27,29). The zero-order valence-corrected chi connectivity index (χ0v) is 20.0. The molecule has 0 saturated carbocycles. The summed E-state index contributed by atoms with van der Waals surface area (Å²) in [7, 11) is -2.72. The number of aromatic nitrogens is 1. The maximum Gasteiger partial charge on any atom is 0.244 e. The molecular formula is C25H21ClN2O5S. The van der Waals surface area contributed by atoms with E-state index in [1.165, 1.54) is 48.2 Å². The van der Waals surface area contributed by atoms with E-state index < -0.39 is 20.2 Å². The van der Waals surface area contributed by atoms with Gasteiger partial charge in [0.2, 0.25) is 21.2 Å². The number of fused-ring (bicyclic) bond motifs is 1. The van der Waals surface area contributed by atoms with Crippen LogP contribution in [0.2, 0.25) is 5.02 Å². The fraction of sp³-hybridized carbons (Fsp3) is 0.120. The van der Waals surface area contributed by atoms with E-state index in [0.717, 1.165) is 5.56 Å². The molecule has 1 heterocycles. The van der Waals surface area contributed by atoms with Crippen LogP contribution in [0.5, 0.6) is 5.75 Å². The number of amides is 1. The Hall–Kier alpha value is -3.62. The highest BCUT2D eigenvalue weighted by Crippen LogP contribution is 2.24. The number of nitrogens with one attached hydrogen (secondary N) is 1. The molecule has 3 aromatic carbocycles. The van der Waals surface area contributed by atoms with Gasteiger partial charge in [0.1, 0.15) is 17.2 Å². The van der Waals surface area contributed by atoms with Gasteiger partial charge in [-0.05, 0) is 61.5 Å². The van der Waals surface area contributed by atoms with Crippen molar-refractivity contribution >= 4 is 43.9 Å². The fourth-order valence-corrected chi connectivity index (χ4v) is 5.08. The van der Waals surface area contributed by atoms with Crippen molar-refractivity contribution in [2.45, 2.75) is 23.3 Å². The Morgan fingerprint density at radius 1 is 1.03 bits per heavy atom. The van der Waals surface area contributed by atoms with Gasteiger partial charge in [0.15, 0.2) is 0 Å². The third kappa shape index (κ3) is 4.69. The van der Waals surface area contributed by atoms with Crippen LogP contribution >= 0.6 is 11.6 Å². The number of rotatable bonds is 6. The summed E-state index contributed by atoms with van der Waals surface area (Å²) in [5, 5.41) is 3.16. The van der Waals surface area contributed by atoms with Crippen molar-refractivity contribution in [3.63, 3.8) is 0 Å². The number of aryl methyl sites for hydroxylation is 1. The molecule has 4 rings (SSSR count). The van der Waals surface area contributed by atoms with Crippen molar-refractivity contribution in [1.82, 2.24) is 4.57 Å². The largest absolute Gasteiger partial charge is 0.497 e. The Morgan fingerprint density at radius 3 is 2.35 bits per heavy atom. The lowest BCUT2D eigenvalue weighted by molar-refractivity contribution is -0.116. The summed E-state index contributed by atoms with van der Waals surface area (Å²) >= 11 is 6.10. The van der Waals surface area contributed by atoms with E-state index in [0.29, 0.717) is 17.0 Å². The van der Waals surface area contributed by atoms with Crippen molar-refractivity contribution < 1.29 is 17.9 Å². The first-order valence-corrected chi connectivity index (χ1v) is 12.1. The van der Waals surface area contributed by atoms with Crippen LogP contribution in [0, 0.1) is 6.92 Å². The first-order valence-electron chi connectivity index (χ1n) is 10.3. The Labute approximate surface area is 201 Å². The fourth-order valence-electron chi connectivity index (χ4n) is 3.54. The van der Waals surface area contributed by atoms with Crippen molar-refractivity contribution in [2.75, 3.05) is 12.4 Å². The number of hydrogen-bond acceptors (Lipinski definition) is 5. The van der Waals surface area contributed by atoms with Crippen molar-refractivity contribution in [3.8, 4) is 5.75 Å². The summed E-state index contributed by atoms with van der Waals surface area (Å²) in [4.78, 5) is 25.5. The molecule has 174 valence electrons. The molecule has 0 radical (unpaired) electrons. The third-order valence-corrected chi connectivity index (χ3v) is 7.32. The van der Waals surface area contributed by atoms with Crippen LogP contribution in [-0.2, 0) is 21.2 Å². The molecule has 4 aromatic rings. The van der Waals surface area contributed by atoms with Gasteiger partial charge in [0, 0.05) is 22.3 Å². The lowest BCUT2D eigenvalue weighted by Crippen LogP contribution is -2.24. The van der Waals surface area contributed by atoms with Gasteiger partial charge < -0.3 is 14.6 Å². The number of benzene rings is 3. The first kappa shape index (κ1) is 23.5. The van der Waals surface area contributed by atoms with Gasteiger partial charge in [-0.25, -0.2) is 8.42 Å². The highest BCUT2D eigenvalue weighted by Gasteiger charge is 2.24. The molecule has 1 aromatic heterocycles. The smallest absolute Gasteiger partial charge is 0.244 e. The SMILES string of the molecule is COc1ccc(S(=O)(=O)c2cn(CC(=O)Nc3ccc(C)cc3)c3ccc(Cl)cc3c2=O)cc1. The highest BCUT2D eigenvalue weighted by atomic mass is 35.5. The number of pyridine rings is 1. The van der Waals surface area contributed by atoms with Gasteiger partial charge in [-0.1, -0.05) is 29.3 Å². The highest BCUT2D eigenvalue weighted by molar-refractivity contribution is 7.91. The number of anilines is 1. The number of methoxy groups -OCH3 is 1. The Balaban J connectivity index is 1.80. The van der Waals surface area contributed by atoms with Gasteiger partial charge in [-0.3, -0.25) is 9.59 Å². The molecule has 1 amide bonds. The summed E-state index contributed by atoms with van der Waals surface area (Å²) in [6, 6.07) is 17.6. The molecule has 7 nitrogen and oxygen atoms in total. The van der Waals surface area contributed by atoms with Crippen LogP contribution in [0.1, 0.15) is 5.56 Å². The number of halogens is 1. The minimum atomic E-state index is -4.18. The predicted molar refractivity (Wildman–Crippen MR) is 131 cm³/mol. The van der Waals surface area contributed by atoms with E-state index >= 15 is 0 Å². The van der Waals surface area contributed by atoms with Gasteiger partial charge in [-0.15, -0.1) is 0 Å². The second-order valence-corrected chi connectivity index (χ2v) is 10.1. The van der Waals surface area contributed by atoms with Crippen molar-refractivity contribution in [1.29, 1.82) is 0 Å². The Bertz CT molecular complexity index is 1540. The number of carbonyl (C=O) groups excluding carboxylic acids is 1. The number of nitrogens with zero attached hydrogens (tertiary/aromatic N) is 1. The van der Waals surface area contributed by atoms with Crippen molar-refractivity contribution in [2.24, 2.45) is 0 Å². The zero-order valence-electron chi connectivity index (χ0n) is 18.4. The van der Waals surface area contributed by atoms with Crippen molar-refractivity contribution in [3.05, 3.63) is 93.7 Å². The molecule has 0 unspecified atom stereocenters. The van der Waals surface area contributed by atoms with E-state index in [4.69, 9.17) is 16.3 Å². The van der Waals surface area contributed by atoms with E-state index in [-0.39, 0.29) is 27.8 Å². The van der Waals surface area contributed by atoms with E-state index in [9.17, 15) is 18.0 Å². The molecule has 0 saturated heterocycles. The second-order valence-electron chi connectivity index (χ2n) is 7.71. The summed E-state index contributed by atoms with van der Waals surface area (Å²) < 4.78 is 33.2. The first-order chi connectivity index (χ1) is 16.2. The zero-order chi connectivity index (χ0) is 24.5. The molecule has 0 spiro atoms. The van der Waals surface area contributed by atoms with Crippen LogP contribution in [0.15, 0.2) is 87.5 Å². The van der Waals surface area contributed by atoms with E-state index in [1.54, 1.807) is 24.3 Å². The van der Waals surface area contributed by atoms with Crippen LogP contribution in [0.25, 0.3) is 10.9 Å². The van der Waals surface area contributed by atoms with Crippen LogP contribution in [-0.4, -0.2) is 26.0 Å². The summed E-state index contributed by atoms with van der Waals surface area (Å²) in [5.74, 6) is 0.103. The van der Waals surface area contributed by atoms with E-state index in [1.807, 2.05) is 19.1 Å². The quantitative estimate of drug-likeness (QED) is 0.426. The molecule has 0 fully saturated rings. The lowest BCUT2D eigenvalue weighted by atomic mass is 10.2. The van der Waals surface area contributed by atoms with E-state index in [2.05, 4.69) is 5.32 Å². The van der Waals surface area contributed by atoms with Crippen LogP contribution < -0.4 is 15.5 Å². The summed E-state index contributed by atoms with van der Waals surface area (Å²) in [6.07, 6.45) is 1.20. The molecule has 1 N–H and O–H groups in total. The van der Waals surface area contributed by atoms with Gasteiger partial charge in [0.25, 0.3) is 0 Å². The summed E-state index contributed by atoms with van der Waals surface area (Å²) in [6.45, 7) is 1.73. The monoisotopic (exact) mass is 496 g/mol. The maximum absolute atomic E-state index is 13.4. The molecule has 0 bridgehead atoms. The number of hydrogen-bond donors (Lipinski definition) is 1. The van der Waals surface area contributed by atoms with Gasteiger partial charge >= 0.3 is 0 Å². The molecule has 0 aliphatic rings. The minimum Gasteiger partial charge on any atom is -0.497 e. The molecule has 34 heavy (non-hydrogen) atoms. The molecule has 0 aliphatic heterocycles. The Kier molecular flexibility index (Phi) is 6.45. The van der Waals surface area contributed by atoms with Gasteiger partial charge in [-0.2, -0.15) is 0 Å². The minimum absolute atomic E-state index is 0.0672. The topological polar surface area (TPSA) is 94.5 Å². The normalized spacial score (nSPS) is 11.4. The number of ether oxygens (including phenoxy) is 1. The molecule has 0 atom stereocenters. The van der Waals surface area contributed by atoms with Crippen LogP contribution in [0.3, 0.4) is 0 Å². The van der Waals surface area contributed by atoms with Gasteiger partial charge in [0.05, 0.1) is 17.5 Å². The third-order valence-electron chi connectivity index (χ3n) is 5.32. The average Bonchev–Trinajstić information content (AvgIpc) is 2.82. The van der Waals surface area contributed by atoms with Crippen LogP contribution in [0.4, 0.5) is 5.69 Å². The molecule has 9 heteroatoms. The number of sulfone groups is 1. The molecule has 0 aliphatic carbocycles. The average molecular weight is 497 g/mol. The predicted octanol–water partition coefficient (Wildman–Crippen LogP) is 4.44. The number of carbonyl (C=O) groups is 1. The molecular weight excluding hydrogens is 476 g/mol. The maximum atomic E-state index is 13.4.